The molecule has 0 aliphatic carbocycles. The quantitative estimate of drug-likeness (QED) is 0.335. The van der Waals surface area contributed by atoms with Crippen molar-refractivity contribution < 1.29 is 9.53 Å². The number of carbonyl (C=O) groups excluding carboxylic acids is 1. The molecule has 22 heavy (non-hydrogen) atoms. The van der Waals surface area contributed by atoms with Gasteiger partial charge in [0.25, 0.3) is 0 Å². The molecule has 0 aromatic heterocycles. The van der Waals surface area contributed by atoms with Gasteiger partial charge in [-0.05, 0) is 0 Å². The number of alkyl carbamates (subject to hydrolysis) is 1. The molecule has 116 valence electrons. The third kappa shape index (κ3) is 5.28. The number of anilines is 2. The Hall–Kier alpha value is -2.24. The molecule has 0 spiro atoms. The molecule has 0 saturated heterocycles. The summed E-state index contributed by atoms with van der Waals surface area (Å²) in [5.74, 6) is 7.71. The van der Waals surface area contributed by atoms with Gasteiger partial charge < -0.3 is 0 Å². The number of nitrogen functional groups attached to an aromatic ring is 1. The molecule has 0 saturated carbocycles. The zero-order chi connectivity index (χ0) is 16.9. The van der Waals surface area contributed by atoms with E-state index in [9.17, 15) is 4.79 Å². The number of ether oxygens (including phenoxy) is 1. The van der Waals surface area contributed by atoms with Gasteiger partial charge in [-0.3, -0.25) is 0 Å². The number of nitrogens with zero attached hydrogens (tertiary/aromatic N) is 2. The summed E-state index contributed by atoms with van der Waals surface area (Å²) < 4.78 is 5.12. The summed E-state index contributed by atoms with van der Waals surface area (Å²) in [6.07, 6.45) is -0.739. The topological polar surface area (TPSA) is 117 Å². The number of nitrogens with one attached hydrogen (secondary N) is 1. The summed E-state index contributed by atoms with van der Waals surface area (Å²) in [5.41, 5.74) is 5.84. The molecule has 0 atom stereocenters. The van der Waals surface area contributed by atoms with Crippen molar-refractivity contribution in [1.29, 1.82) is 5.26 Å². The summed E-state index contributed by atoms with van der Waals surface area (Å²) in [4.78, 5) is 11.8. The van der Waals surface area contributed by atoms with Gasteiger partial charge in [0.15, 0.2) is 0 Å². The van der Waals surface area contributed by atoms with E-state index in [2.05, 4.69) is 5.32 Å². The first-order valence-corrected chi connectivity index (χ1v) is 6.71. The second-order valence-electron chi connectivity index (χ2n) is 5.36. The predicted molar refractivity (Wildman–Crippen MR) is 88.3 cm³/mol. The SMILES string of the molecule is CC(C)(C)OC(=O)NC(=BC#N)N(N)c1ccc(Cl)cc1N. The third-order valence-electron chi connectivity index (χ3n) is 2.34. The average Bonchev–Trinajstić information content (AvgIpc) is 2.35. The first-order chi connectivity index (χ1) is 10.1. The van der Waals surface area contributed by atoms with E-state index in [4.69, 9.17) is 33.2 Å². The van der Waals surface area contributed by atoms with Gasteiger partial charge in [0, 0.05) is 0 Å². The maximum atomic E-state index is 11.8. The fraction of sp³-hybridized carbons (Fsp3) is 0.308. The molecule has 0 fully saturated rings. The number of nitriles is 1. The molecule has 0 aliphatic rings. The predicted octanol–water partition coefficient (Wildman–Crippen LogP) is 1.40. The Morgan fingerprint density at radius 2 is 2.14 bits per heavy atom. The number of halogens is 1. The number of rotatable bonds is 3. The van der Waals surface area contributed by atoms with Crippen LogP contribution in [-0.4, -0.2) is 24.3 Å². The monoisotopic (exact) mass is 321 g/mol. The van der Waals surface area contributed by atoms with E-state index in [1.54, 1.807) is 38.9 Å². The van der Waals surface area contributed by atoms with Gasteiger partial charge in [0.1, 0.15) is 0 Å². The number of carbonyl (C=O) groups is 1. The van der Waals surface area contributed by atoms with Crippen LogP contribution in [0, 0.1) is 11.2 Å². The zero-order valence-corrected chi connectivity index (χ0v) is 13.3. The molecular weight excluding hydrogens is 304 g/mol. The summed E-state index contributed by atoms with van der Waals surface area (Å²) in [7, 11) is 0. The summed E-state index contributed by atoms with van der Waals surface area (Å²) >= 11 is 5.82. The van der Waals surface area contributed by atoms with E-state index in [1.165, 1.54) is 6.07 Å². The Bertz CT molecular complexity index is 636. The van der Waals surface area contributed by atoms with Crippen LogP contribution in [0.1, 0.15) is 20.8 Å². The molecule has 0 aliphatic heterocycles. The normalized spacial score (nSPS) is 11.2. The Labute approximate surface area is 134 Å². The molecule has 5 N–H and O–H groups in total. The maximum absolute atomic E-state index is 11.8. The first-order valence-electron chi connectivity index (χ1n) is 6.33. The first kappa shape index (κ1) is 17.8. The van der Waals surface area contributed by atoms with E-state index in [0.29, 0.717) is 16.4 Å². The Balaban J connectivity index is 2.99. The molecule has 7 nitrogen and oxygen atoms in total. The number of amides is 1. The van der Waals surface area contributed by atoms with Crippen LogP contribution in [0.15, 0.2) is 18.2 Å². The minimum absolute atomic E-state index is 0.0192. The van der Waals surface area contributed by atoms with Crippen LogP contribution in [0.2, 0.25) is 5.02 Å². The Morgan fingerprint density at radius 3 is 2.64 bits per heavy atom. The fourth-order valence-corrected chi connectivity index (χ4v) is 1.69. The molecule has 1 rings (SSSR count). The molecule has 0 unspecified atom stereocenters. The second kappa shape index (κ2) is 7.16. The van der Waals surface area contributed by atoms with Crippen LogP contribution in [-0.2, 0) is 4.74 Å². The van der Waals surface area contributed by atoms with Crippen LogP contribution in [0.3, 0.4) is 0 Å². The summed E-state index contributed by atoms with van der Waals surface area (Å²) in [5, 5.41) is 12.8. The minimum atomic E-state index is -0.739. The Morgan fingerprint density at radius 1 is 1.50 bits per heavy atom. The van der Waals surface area contributed by atoms with E-state index in [1.807, 2.05) is 0 Å². The van der Waals surface area contributed by atoms with Gasteiger partial charge in [-0.15, -0.1) is 0 Å². The van der Waals surface area contributed by atoms with Crippen molar-refractivity contribution in [2.75, 3.05) is 10.7 Å². The van der Waals surface area contributed by atoms with Crippen molar-refractivity contribution in [2.24, 2.45) is 5.84 Å². The Kier molecular flexibility index (Phi) is 5.80. The standard InChI is InChI=1S/C13H17BClN5O2/c1-13(2,3)22-12(21)19-11(14-7-16)20(18)10-5-4-8(15)6-9(10)17/h4-6H,17-18H2,1-3H3,(H,19,21). The molecule has 1 amide bonds. The van der Waals surface area contributed by atoms with Crippen LogP contribution in [0.4, 0.5) is 16.2 Å². The van der Waals surface area contributed by atoms with Crippen LogP contribution < -0.4 is 21.9 Å². The van der Waals surface area contributed by atoms with Gasteiger partial charge >= 0.3 is 134 Å². The summed E-state index contributed by atoms with van der Waals surface area (Å²) in [6.45, 7) is 6.23. The number of benzene rings is 1. The molecule has 0 radical (unpaired) electrons. The van der Waals surface area contributed by atoms with Crippen molar-refractivity contribution >= 4 is 41.7 Å². The van der Waals surface area contributed by atoms with Gasteiger partial charge in [0.05, 0.1) is 0 Å². The molecule has 1 aromatic carbocycles. The summed E-state index contributed by atoms with van der Waals surface area (Å²) in [6, 6.07) is 4.67. The average molecular weight is 322 g/mol. The zero-order valence-electron chi connectivity index (χ0n) is 12.6. The van der Waals surface area contributed by atoms with E-state index in [0.717, 1.165) is 11.9 Å². The van der Waals surface area contributed by atoms with Crippen molar-refractivity contribution in [1.82, 2.24) is 5.32 Å². The third-order valence-corrected chi connectivity index (χ3v) is 2.57. The number of nitrogens with two attached hydrogens (primary N) is 2. The molecule has 9 heteroatoms. The molecule has 0 heterocycles. The van der Waals surface area contributed by atoms with E-state index < -0.39 is 11.7 Å². The van der Waals surface area contributed by atoms with E-state index >= 15 is 0 Å². The van der Waals surface area contributed by atoms with Gasteiger partial charge in [-0.2, -0.15) is 0 Å². The molecule has 0 bridgehead atoms. The van der Waals surface area contributed by atoms with Crippen molar-refractivity contribution in [3.8, 4) is 5.97 Å². The number of hydrogen-bond donors (Lipinski definition) is 3. The van der Waals surface area contributed by atoms with Crippen LogP contribution in [0.5, 0.6) is 0 Å². The van der Waals surface area contributed by atoms with Gasteiger partial charge in [-0.25, -0.2) is 0 Å². The van der Waals surface area contributed by atoms with Crippen molar-refractivity contribution in [3.63, 3.8) is 0 Å². The van der Waals surface area contributed by atoms with Crippen LogP contribution >= 0.6 is 11.6 Å². The van der Waals surface area contributed by atoms with E-state index in [-0.39, 0.29) is 5.71 Å². The number of hydrazine groups is 1. The fourth-order valence-electron chi connectivity index (χ4n) is 1.51. The van der Waals surface area contributed by atoms with Crippen LogP contribution in [0.25, 0.3) is 0 Å². The van der Waals surface area contributed by atoms with Crippen molar-refractivity contribution in [2.45, 2.75) is 26.4 Å². The van der Waals surface area contributed by atoms with Gasteiger partial charge in [0.2, 0.25) is 0 Å². The molecular formula is C13H17BClN5O2. The van der Waals surface area contributed by atoms with Crippen molar-refractivity contribution in [3.05, 3.63) is 23.2 Å². The van der Waals surface area contributed by atoms with Gasteiger partial charge in [-0.1, -0.05) is 0 Å². The number of hydrogen-bond acceptors (Lipinski definition) is 6. The molecule has 1 aromatic rings. The second-order valence-corrected chi connectivity index (χ2v) is 5.80.